The Balaban J connectivity index is 1.71. The molecule has 0 radical (unpaired) electrons. The Kier molecular flexibility index (Phi) is 9.40. The van der Waals surface area contributed by atoms with Crippen molar-refractivity contribution in [3.63, 3.8) is 0 Å². The van der Waals surface area contributed by atoms with Crippen molar-refractivity contribution >= 4 is 21.8 Å². The monoisotopic (exact) mass is 499 g/mol. The number of nitrogens with zero attached hydrogens (tertiary/aromatic N) is 1. The molecule has 1 aromatic rings. The molecule has 2 aliphatic rings. The largest absolute Gasteiger partial charge is 0.376 e. The molecule has 0 bridgehead atoms. The smallest absolute Gasteiger partial charge is 0.243 e. The summed E-state index contributed by atoms with van der Waals surface area (Å²) in [4.78, 5) is 27.7. The molecule has 0 aliphatic carbocycles. The van der Waals surface area contributed by atoms with Crippen LogP contribution in [0, 0.1) is 11.7 Å². The highest BCUT2D eigenvalue weighted by molar-refractivity contribution is 7.89. The molecule has 3 rings (SSSR count). The molecule has 2 saturated heterocycles. The average Bonchev–Trinajstić information content (AvgIpc) is 3.50. The van der Waals surface area contributed by atoms with Crippen LogP contribution in [-0.4, -0.2) is 76.2 Å². The minimum atomic E-state index is -4.03. The number of benzene rings is 1. The van der Waals surface area contributed by atoms with Crippen LogP contribution in [0.15, 0.2) is 29.2 Å². The molecule has 3 atom stereocenters. The maximum atomic E-state index is 13.3. The van der Waals surface area contributed by atoms with Crippen LogP contribution in [0.5, 0.6) is 0 Å². The van der Waals surface area contributed by atoms with Crippen molar-refractivity contribution in [2.45, 2.75) is 62.7 Å². The number of sulfonamides is 1. The molecule has 2 amide bonds. The van der Waals surface area contributed by atoms with E-state index in [0.717, 1.165) is 49.9 Å². The van der Waals surface area contributed by atoms with Gasteiger partial charge in [0.1, 0.15) is 11.9 Å². The molecule has 0 spiro atoms. The first-order valence-electron chi connectivity index (χ1n) is 11.7. The number of amides is 2. The first-order valence-corrected chi connectivity index (χ1v) is 13.2. The molecule has 2 aliphatic heterocycles. The summed E-state index contributed by atoms with van der Waals surface area (Å²) in [7, 11) is -4.03. The first-order chi connectivity index (χ1) is 16.2. The van der Waals surface area contributed by atoms with Crippen molar-refractivity contribution in [1.82, 2.24) is 14.9 Å². The molecule has 2 N–H and O–H groups in total. The van der Waals surface area contributed by atoms with Crippen molar-refractivity contribution in [2.24, 2.45) is 5.92 Å². The van der Waals surface area contributed by atoms with Crippen LogP contribution in [0.3, 0.4) is 0 Å². The van der Waals surface area contributed by atoms with Crippen molar-refractivity contribution < 1.29 is 31.9 Å². The normalized spacial score (nSPS) is 21.5. The fraction of sp³-hybridized carbons (Fsp3) is 0.652. The SMILES string of the molecule is CC(C)C(C(=O)NCC1CCCO1)N(CC1CCCO1)C(=O)CNS(=O)(=O)c1ccc(F)cc1. The molecule has 2 fully saturated rings. The van der Waals surface area contributed by atoms with Crippen molar-refractivity contribution in [1.29, 1.82) is 0 Å². The summed E-state index contributed by atoms with van der Waals surface area (Å²) in [6, 6.07) is 3.53. The van der Waals surface area contributed by atoms with Gasteiger partial charge in [-0.25, -0.2) is 17.5 Å². The molecule has 0 aromatic heterocycles. The number of carbonyl (C=O) groups is 2. The fourth-order valence-corrected chi connectivity index (χ4v) is 5.24. The number of nitrogens with one attached hydrogen (secondary N) is 2. The van der Waals surface area contributed by atoms with E-state index in [2.05, 4.69) is 10.0 Å². The lowest BCUT2D eigenvalue weighted by Gasteiger charge is -2.35. The molecule has 11 heteroatoms. The molecule has 190 valence electrons. The number of carbonyl (C=O) groups excluding carboxylic acids is 2. The van der Waals surface area contributed by atoms with Crippen LogP contribution in [0.4, 0.5) is 4.39 Å². The Morgan fingerprint density at radius 3 is 2.26 bits per heavy atom. The standard InChI is InChI=1S/C23H34FN3O6S/c1-16(2)22(23(29)25-13-18-5-3-11-32-18)27(15-19-6-4-12-33-19)21(28)14-26-34(30,31)20-9-7-17(24)8-10-20/h7-10,16,18-19,22,26H,3-6,11-15H2,1-2H3,(H,25,29). The van der Waals surface area contributed by atoms with Gasteiger partial charge in [-0.15, -0.1) is 0 Å². The third-order valence-electron chi connectivity index (χ3n) is 6.05. The highest BCUT2D eigenvalue weighted by Crippen LogP contribution is 2.19. The molecule has 0 saturated carbocycles. The van der Waals surface area contributed by atoms with Gasteiger partial charge in [-0.3, -0.25) is 9.59 Å². The van der Waals surface area contributed by atoms with E-state index in [4.69, 9.17) is 9.47 Å². The summed E-state index contributed by atoms with van der Waals surface area (Å²) in [5.41, 5.74) is 0. The Morgan fingerprint density at radius 2 is 1.71 bits per heavy atom. The molecule has 2 heterocycles. The van der Waals surface area contributed by atoms with E-state index in [-0.39, 0.29) is 35.5 Å². The summed E-state index contributed by atoms with van der Waals surface area (Å²) in [5.74, 6) is -1.62. The quantitative estimate of drug-likeness (QED) is 0.476. The van der Waals surface area contributed by atoms with Gasteiger partial charge in [-0.2, -0.15) is 0 Å². The zero-order valence-corrected chi connectivity index (χ0v) is 20.5. The molecular formula is C23H34FN3O6S. The minimum absolute atomic E-state index is 0.0402. The number of hydrogen-bond acceptors (Lipinski definition) is 6. The lowest BCUT2D eigenvalue weighted by molar-refractivity contribution is -0.143. The van der Waals surface area contributed by atoms with Gasteiger partial charge in [-0.05, 0) is 55.9 Å². The third kappa shape index (κ3) is 7.21. The predicted octanol–water partition coefficient (Wildman–Crippen LogP) is 1.43. The number of hydrogen-bond donors (Lipinski definition) is 2. The Morgan fingerprint density at radius 1 is 1.09 bits per heavy atom. The zero-order valence-electron chi connectivity index (χ0n) is 19.7. The summed E-state index contributed by atoms with van der Waals surface area (Å²) in [6.07, 6.45) is 3.18. The predicted molar refractivity (Wildman–Crippen MR) is 123 cm³/mol. The Labute approximate surface area is 200 Å². The van der Waals surface area contributed by atoms with Crippen LogP contribution in [0.2, 0.25) is 0 Å². The second-order valence-electron chi connectivity index (χ2n) is 9.03. The number of halogens is 1. The highest BCUT2D eigenvalue weighted by atomic mass is 32.2. The van der Waals surface area contributed by atoms with Gasteiger partial charge < -0.3 is 19.7 Å². The summed E-state index contributed by atoms with van der Waals surface area (Å²) in [5, 5.41) is 2.90. The molecule has 3 unspecified atom stereocenters. The second-order valence-corrected chi connectivity index (χ2v) is 10.8. The minimum Gasteiger partial charge on any atom is -0.376 e. The van der Waals surface area contributed by atoms with Crippen LogP contribution in [-0.2, 0) is 29.1 Å². The van der Waals surface area contributed by atoms with Gasteiger partial charge in [0, 0.05) is 26.3 Å². The van der Waals surface area contributed by atoms with Gasteiger partial charge in [0.15, 0.2) is 0 Å². The van der Waals surface area contributed by atoms with Crippen LogP contribution in [0.1, 0.15) is 39.5 Å². The summed E-state index contributed by atoms with van der Waals surface area (Å²) < 4.78 is 51.9. The van der Waals surface area contributed by atoms with E-state index in [1.807, 2.05) is 13.8 Å². The third-order valence-corrected chi connectivity index (χ3v) is 7.46. The Hall–Kier alpha value is -2.08. The van der Waals surface area contributed by atoms with Crippen LogP contribution >= 0.6 is 0 Å². The molecule has 1 aromatic carbocycles. The van der Waals surface area contributed by atoms with Gasteiger partial charge in [0.05, 0.1) is 23.6 Å². The van der Waals surface area contributed by atoms with Crippen molar-refractivity contribution in [3.05, 3.63) is 30.1 Å². The average molecular weight is 500 g/mol. The molecule has 34 heavy (non-hydrogen) atoms. The molecule has 9 nitrogen and oxygen atoms in total. The van der Waals surface area contributed by atoms with Crippen molar-refractivity contribution in [2.75, 3.05) is 32.8 Å². The van der Waals surface area contributed by atoms with E-state index >= 15 is 0 Å². The van der Waals surface area contributed by atoms with E-state index in [1.54, 1.807) is 0 Å². The first kappa shape index (κ1) is 26.5. The van der Waals surface area contributed by atoms with Gasteiger partial charge in [0.2, 0.25) is 21.8 Å². The van der Waals surface area contributed by atoms with E-state index in [9.17, 15) is 22.4 Å². The summed E-state index contributed by atoms with van der Waals surface area (Å²) >= 11 is 0. The van der Waals surface area contributed by atoms with Crippen molar-refractivity contribution in [3.8, 4) is 0 Å². The summed E-state index contributed by atoms with van der Waals surface area (Å²) in [6.45, 7) is 4.96. The molecular weight excluding hydrogens is 465 g/mol. The van der Waals surface area contributed by atoms with Gasteiger partial charge in [-0.1, -0.05) is 13.8 Å². The Bertz CT molecular complexity index is 929. The van der Waals surface area contributed by atoms with Gasteiger partial charge in [0.25, 0.3) is 0 Å². The van der Waals surface area contributed by atoms with E-state index < -0.39 is 34.3 Å². The maximum Gasteiger partial charge on any atom is 0.243 e. The number of ether oxygens (including phenoxy) is 2. The lowest BCUT2D eigenvalue weighted by Crippen LogP contribution is -2.56. The van der Waals surface area contributed by atoms with E-state index in [0.29, 0.717) is 19.8 Å². The highest BCUT2D eigenvalue weighted by Gasteiger charge is 2.35. The maximum absolute atomic E-state index is 13.3. The number of rotatable bonds is 11. The second kappa shape index (κ2) is 12.1. The van der Waals surface area contributed by atoms with Gasteiger partial charge >= 0.3 is 0 Å². The van der Waals surface area contributed by atoms with Crippen LogP contribution < -0.4 is 10.0 Å². The van der Waals surface area contributed by atoms with E-state index in [1.165, 1.54) is 4.90 Å². The fourth-order valence-electron chi connectivity index (χ4n) is 4.26. The lowest BCUT2D eigenvalue weighted by atomic mass is 10.00. The zero-order chi connectivity index (χ0) is 24.7. The van der Waals surface area contributed by atoms with Crippen LogP contribution in [0.25, 0.3) is 0 Å². The topological polar surface area (TPSA) is 114 Å².